The van der Waals surface area contributed by atoms with E-state index in [9.17, 15) is 22.8 Å². The predicted octanol–water partition coefficient (Wildman–Crippen LogP) is 2.47. The summed E-state index contributed by atoms with van der Waals surface area (Å²) in [7, 11) is 0. The van der Waals surface area contributed by atoms with Crippen molar-refractivity contribution in [1.82, 2.24) is 10.3 Å². The molecule has 1 aromatic carbocycles. The molecule has 0 atom stereocenters. The van der Waals surface area contributed by atoms with Crippen molar-refractivity contribution < 1.29 is 22.8 Å². The van der Waals surface area contributed by atoms with Gasteiger partial charge in [-0.1, -0.05) is 6.07 Å². The zero-order chi connectivity index (χ0) is 16.9. The van der Waals surface area contributed by atoms with Crippen LogP contribution < -0.4 is 10.6 Å². The highest BCUT2D eigenvalue weighted by molar-refractivity contribution is 5.98. The van der Waals surface area contributed by atoms with E-state index in [4.69, 9.17) is 0 Å². The number of rotatable bonds is 4. The van der Waals surface area contributed by atoms with Gasteiger partial charge in [0.25, 0.3) is 5.91 Å². The van der Waals surface area contributed by atoms with E-state index in [1.807, 2.05) is 0 Å². The maximum Gasteiger partial charge on any atom is 0.416 e. The fourth-order valence-corrected chi connectivity index (χ4v) is 1.70. The minimum atomic E-state index is -4.43. The average Bonchev–Trinajstić information content (AvgIpc) is 2.53. The first kappa shape index (κ1) is 16.5. The van der Waals surface area contributed by atoms with Crippen molar-refractivity contribution >= 4 is 17.5 Å². The Bertz CT molecular complexity index is 685. The standard InChI is InChI=1S/C15H12F3N3O2/c16-15(17,18)10-4-6-11(7-5-10)21-13(22)9-20-14(23)12-3-1-2-8-19-12/h1-8H,9H2,(H,20,23)(H,21,22). The van der Waals surface area contributed by atoms with E-state index in [1.165, 1.54) is 12.3 Å². The molecule has 0 fully saturated rings. The normalized spacial score (nSPS) is 10.9. The summed E-state index contributed by atoms with van der Waals surface area (Å²) >= 11 is 0. The molecule has 0 aliphatic carbocycles. The summed E-state index contributed by atoms with van der Waals surface area (Å²) in [4.78, 5) is 27.2. The maximum absolute atomic E-state index is 12.4. The van der Waals surface area contributed by atoms with Crippen molar-refractivity contribution in [3.63, 3.8) is 0 Å². The molecule has 0 spiro atoms. The zero-order valence-electron chi connectivity index (χ0n) is 11.7. The molecule has 5 nitrogen and oxygen atoms in total. The summed E-state index contributed by atoms with van der Waals surface area (Å²) in [6.07, 6.45) is -2.99. The van der Waals surface area contributed by atoms with Crippen LogP contribution >= 0.6 is 0 Å². The van der Waals surface area contributed by atoms with E-state index in [1.54, 1.807) is 12.1 Å². The Morgan fingerprint density at radius 1 is 1.04 bits per heavy atom. The summed E-state index contributed by atoms with van der Waals surface area (Å²) in [5.41, 5.74) is -0.441. The van der Waals surface area contributed by atoms with Gasteiger partial charge in [-0.2, -0.15) is 13.2 Å². The molecular weight excluding hydrogens is 311 g/mol. The number of hydrogen-bond acceptors (Lipinski definition) is 3. The second-order valence-corrected chi connectivity index (χ2v) is 4.52. The Kier molecular flexibility index (Phi) is 4.95. The third-order valence-electron chi connectivity index (χ3n) is 2.80. The molecular formula is C15H12F3N3O2. The number of halogens is 3. The quantitative estimate of drug-likeness (QED) is 0.908. The smallest absolute Gasteiger partial charge is 0.342 e. The van der Waals surface area contributed by atoms with E-state index < -0.39 is 23.6 Å². The molecule has 1 heterocycles. The van der Waals surface area contributed by atoms with Gasteiger partial charge in [-0.15, -0.1) is 0 Å². The van der Waals surface area contributed by atoms with Crippen LogP contribution in [-0.4, -0.2) is 23.3 Å². The first-order chi connectivity index (χ1) is 10.9. The highest BCUT2D eigenvalue weighted by atomic mass is 19.4. The number of amides is 2. The van der Waals surface area contributed by atoms with Crippen molar-refractivity contribution in [3.05, 3.63) is 59.9 Å². The van der Waals surface area contributed by atoms with Crippen LogP contribution in [-0.2, 0) is 11.0 Å². The number of benzene rings is 1. The molecule has 0 bridgehead atoms. The summed E-state index contributed by atoms with van der Waals surface area (Å²) < 4.78 is 37.2. The van der Waals surface area contributed by atoms with Crippen LogP contribution in [0.1, 0.15) is 16.1 Å². The lowest BCUT2D eigenvalue weighted by molar-refractivity contribution is -0.137. The second-order valence-electron chi connectivity index (χ2n) is 4.52. The molecule has 1 aromatic heterocycles. The zero-order valence-corrected chi connectivity index (χ0v) is 11.7. The number of nitrogens with zero attached hydrogens (tertiary/aromatic N) is 1. The number of pyridine rings is 1. The van der Waals surface area contributed by atoms with Crippen molar-refractivity contribution in [1.29, 1.82) is 0 Å². The lowest BCUT2D eigenvalue weighted by Crippen LogP contribution is -2.33. The molecule has 8 heteroatoms. The predicted molar refractivity (Wildman–Crippen MR) is 76.6 cm³/mol. The Balaban J connectivity index is 1.86. The van der Waals surface area contributed by atoms with Crippen LogP contribution in [0.4, 0.5) is 18.9 Å². The van der Waals surface area contributed by atoms with E-state index in [0.717, 1.165) is 24.3 Å². The Morgan fingerprint density at radius 3 is 2.30 bits per heavy atom. The minimum Gasteiger partial charge on any atom is -0.342 e. The molecule has 2 aromatic rings. The largest absolute Gasteiger partial charge is 0.416 e. The number of nitrogens with one attached hydrogen (secondary N) is 2. The third-order valence-corrected chi connectivity index (χ3v) is 2.80. The van der Waals surface area contributed by atoms with Gasteiger partial charge in [-0.25, -0.2) is 0 Å². The average molecular weight is 323 g/mol. The molecule has 2 rings (SSSR count). The second kappa shape index (κ2) is 6.91. The first-order valence-electron chi connectivity index (χ1n) is 6.52. The molecule has 0 aliphatic rings. The topological polar surface area (TPSA) is 71.1 Å². The lowest BCUT2D eigenvalue weighted by atomic mass is 10.2. The highest BCUT2D eigenvalue weighted by Gasteiger charge is 2.29. The number of carbonyl (C=O) groups is 2. The Hall–Kier alpha value is -2.90. The van der Waals surface area contributed by atoms with Gasteiger partial charge in [-0.05, 0) is 36.4 Å². The molecule has 0 radical (unpaired) electrons. The van der Waals surface area contributed by atoms with Gasteiger partial charge in [0, 0.05) is 11.9 Å². The van der Waals surface area contributed by atoms with Crippen molar-refractivity contribution in [3.8, 4) is 0 Å². The van der Waals surface area contributed by atoms with E-state index in [-0.39, 0.29) is 17.9 Å². The number of alkyl halides is 3. The van der Waals surface area contributed by atoms with Gasteiger partial charge in [0.1, 0.15) is 5.69 Å². The van der Waals surface area contributed by atoms with Gasteiger partial charge in [0.2, 0.25) is 5.91 Å². The van der Waals surface area contributed by atoms with Gasteiger partial charge in [0.15, 0.2) is 0 Å². The Morgan fingerprint density at radius 2 is 1.74 bits per heavy atom. The summed E-state index contributed by atoms with van der Waals surface area (Å²) in [6, 6.07) is 8.77. The third kappa shape index (κ3) is 4.80. The van der Waals surface area contributed by atoms with E-state index in [0.29, 0.717) is 0 Å². The first-order valence-corrected chi connectivity index (χ1v) is 6.52. The molecule has 0 saturated carbocycles. The maximum atomic E-state index is 12.4. The summed E-state index contributed by atoms with van der Waals surface area (Å²) in [6.45, 7) is -0.323. The molecule has 0 unspecified atom stereocenters. The molecule has 2 amide bonds. The molecule has 23 heavy (non-hydrogen) atoms. The van der Waals surface area contributed by atoms with Crippen molar-refractivity contribution in [2.75, 3.05) is 11.9 Å². The number of anilines is 1. The summed E-state index contributed by atoms with van der Waals surface area (Å²) in [5.74, 6) is -1.08. The van der Waals surface area contributed by atoms with Crippen molar-refractivity contribution in [2.45, 2.75) is 6.18 Å². The van der Waals surface area contributed by atoms with Crippen LogP contribution in [0.3, 0.4) is 0 Å². The van der Waals surface area contributed by atoms with Gasteiger partial charge in [-0.3, -0.25) is 14.6 Å². The number of aromatic nitrogens is 1. The number of hydrogen-bond donors (Lipinski definition) is 2. The minimum absolute atomic E-state index is 0.162. The van der Waals surface area contributed by atoms with Crippen LogP contribution in [0.15, 0.2) is 48.7 Å². The monoisotopic (exact) mass is 323 g/mol. The van der Waals surface area contributed by atoms with Crippen LogP contribution in [0.2, 0.25) is 0 Å². The van der Waals surface area contributed by atoms with Gasteiger partial charge in [0.05, 0.1) is 12.1 Å². The molecule has 120 valence electrons. The molecule has 0 saturated heterocycles. The van der Waals surface area contributed by atoms with Crippen LogP contribution in [0.25, 0.3) is 0 Å². The van der Waals surface area contributed by atoms with E-state index in [2.05, 4.69) is 15.6 Å². The van der Waals surface area contributed by atoms with Gasteiger partial charge < -0.3 is 10.6 Å². The van der Waals surface area contributed by atoms with E-state index >= 15 is 0 Å². The molecule has 0 aliphatic heterocycles. The fourth-order valence-electron chi connectivity index (χ4n) is 1.70. The van der Waals surface area contributed by atoms with Crippen molar-refractivity contribution in [2.24, 2.45) is 0 Å². The summed E-state index contributed by atoms with van der Waals surface area (Å²) in [5, 5.41) is 4.75. The Labute approximate surface area is 129 Å². The van der Waals surface area contributed by atoms with Gasteiger partial charge >= 0.3 is 6.18 Å². The SMILES string of the molecule is O=C(CNC(=O)c1ccccn1)Nc1ccc(C(F)(F)F)cc1. The number of carbonyl (C=O) groups excluding carboxylic acids is 2. The highest BCUT2D eigenvalue weighted by Crippen LogP contribution is 2.29. The lowest BCUT2D eigenvalue weighted by Gasteiger charge is -2.09. The van der Waals surface area contributed by atoms with Crippen LogP contribution in [0, 0.1) is 0 Å². The fraction of sp³-hybridized carbons (Fsp3) is 0.133. The van der Waals surface area contributed by atoms with Crippen LogP contribution in [0.5, 0.6) is 0 Å². The molecule has 2 N–H and O–H groups in total.